The van der Waals surface area contributed by atoms with Gasteiger partial charge in [0.15, 0.2) is 0 Å². The second-order valence-electron chi connectivity index (χ2n) is 9.29. The molecule has 0 aliphatic heterocycles. The van der Waals surface area contributed by atoms with Gasteiger partial charge in [-0.25, -0.2) is 4.79 Å². The highest BCUT2D eigenvalue weighted by Gasteiger charge is 2.24. The van der Waals surface area contributed by atoms with E-state index in [1.54, 1.807) is 4.57 Å². The van der Waals surface area contributed by atoms with Gasteiger partial charge >= 0.3 is 6.09 Å². The highest BCUT2D eigenvalue weighted by Crippen LogP contribution is 2.40. The number of carbonyl (C=O) groups excluding carboxylic acids is 1. The summed E-state index contributed by atoms with van der Waals surface area (Å²) in [5, 5.41) is 6.26. The molecule has 39 heavy (non-hydrogen) atoms. The zero-order valence-electron chi connectivity index (χ0n) is 22.2. The maximum atomic E-state index is 13.5. The first-order valence-corrected chi connectivity index (χ1v) is 16.3. The number of unbranched alkanes of at least 4 members (excludes halogenated alkanes) is 1. The summed E-state index contributed by atoms with van der Waals surface area (Å²) in [7, 11) is -1.56. The predicted octanol–water partition coefficient (Wildman–Crippen LogP) is 6.66. The SMILES string of the molecule is CCCCOC(=O)n1cc(P(c2ccccc2)c2ccccc2)cc1CP(c1ccccc1)c1ccccc1. The van der Waals surface area contributed by atoms with Crippen LogP contribution in [-0.2, 0) is 10.9 Å². The number of nitrogens with zero attached hydrogens (tertiary/aromatic N) is 1. The molecule has 196 valence electrons. The molecule has 1 aromatic heterocycles. The first-order valence-electron chi connectivity index (χ1n) is 13.4. The van der Waals surface area contributed by atoms with Gasteiger partial charge in [0, 0.05) is 23.4 Å². The normalized spacial score (nSPS) is 11.2. The van der Waals surface area contributed by atoms with E-state index < -0.39 is 15.8 Å². The molecule has 5 heteroatoms. The summed E-state index contributed by atoms with van der Waals surface area (Å²) in [6, 6.07) is 44.8. The van der Waals surface area contributed by atoms with Crippen molar-refractivity contribution in [2.45, 2.75) is 25.9 Å². The molecule has 5 rings (SSSR count). The molecule has 0 saturated carbocycles. The minimum atomic E-state index is -0.837. The Bertz CT molecular complexity index is 1380. The van der Waals surface area contributed by atoms with Gasteiger partial charge in [-0.05, 0) is 49.5 Å². The molecule has 5 aromatic rings. The van der Waals surface area contributed by atoms with Crippen LogP contribution in [0.3, 0.4) is 0 Å². The molecule has 1 heterocycles. The van der Waals surface area contributed by atoms with Crippen molar-refractivity contribution < 1.29 is 9.53 Å². The summed E-state index contributed by atoms with van der Waals surface area (Å²) >= 11 is 0. The van der Waals surface area contributed by atoms with Crippen LogP contribution in [0.1, 0.15) is 25.5 Å². The van der Waals surface area contributed by atoms with E-state index >= 15 is 0 Å². The van der Waals surface area contributed by atoms with E-state index in [9.17, 15) is 4.79 Å². The topological polar surface area (TPSA) is 31.2 Å². The molecule has 0 atom stereocenters. The lowest BCUT2D eigenvalue weighted by molar-refractivity contribution is 0.146. The van der Waals surface area contributed by atoms with Gasteiger partial charge in [-0.1, -0.05) is 135 Å². The summed E-state index contributed by atoms with van der Waals surface area (Å²) in [5.74, 6) is 0. The number of aromatic nitrogens is 1. The molecule has 0 unspecified atom stereocenters. The molecule has 0 spiro atoms. The lowest BCUT2D eigenvalue weighted by atomic mass is 10.4. The smallest absolute Gasteiger partial charge is 0.418 e. The fraction of sp³-hybridized carbons (Fsp3) is 0.147. The quantitative estimate of drug-likeness (QED) is 0.144. The Morgan fingerprint density at radius 3 is 1.59 bits per heavy atom. The van der Waals surface area contributed by atoms with Crippen molar-refractivity contribution in [1.29, 1.82) is 0 Å². The molecule has 0 aliphatic carbocycles. The third-order valence-electron chi connectivity index (χ3n) is 6.55. The zero-order valence-corrected chi connectivity index (χ0v) is 24.0. The van der Waals surface area contributed by atoms with Crippen LogP contribution in [-0.4, -0.2) is 17.3 Å². The number of ether oxygens (including phenoxy) is 1. The molecule has 3 nitrogen and oxygen atoms in total. The number of hydrogen-bond acceptors (Lipinski definition) is 2. The van der Waals surface area contributed by atoms with Crippen molar-refractivity contribution in [1.82, 2.24) is 4.57 Å². The van der Waals surface area contributed by atoms with Crippen molar-refractivity contribution in [2.24, 2.45) is 0 Å². The van der Waals surface area contributed by atoms with E-state index in [-0.39, 0.29) is 6.09 Å². The maximum absolute atomic E-state index is 13.5. The summed E-state index contributed by atoms with van der Waals surface area (Å²) < 4.78 is 7.52. The molecule has 0 fully saturated rings. The van der Waals surface area contributed by atoms with Crippen LogP contribution in [0.5, 0.6) is 0 Å². The van der Waals surface area contributed by atoms with Gasteiger partial charge in [0.1, 0.15) is 0 Å². The van der Waals surface area contributed by atoms with E-state index in [1.807, 2.05) is 6.20 Å². The summed E-state index contributed by atoms with van der Waals surface area (Å²) in [4.78, 5) is 13.5. The minimum Gasteiger partial charge on any atom is -0.449 e. The highest BCUT2D eigenvalue weighted by atomic mass is 31.1. The van der Waals surface area contributed by atoms with E-state index in [1.165, 1.54) is 21.2 Å². The summed E-state index contributed by atoms with van der Waals surface area (Å²) in [6.07, 6.45) is 4.32. The van der Waals surface area contributed by atoms with Crippen LogP contribution >= 0.6 is 15.8 Å². The number of benzene rings is 4. The van der Waals surface area contributed by atoms with Crippen LogP contribution in [0.25, 0.3) is 0 Å². The Labute approximate surface area is 234 Å². The maximum Gasteiger partial charge on any atom is 0.418 e. The first-order chi connectivity index (χ1) is 19.2. The Balaban J connectivity index is 1.60. The molecule has 0 aliphatic rings. The fourth-order valence-corrected chi connectivity index (χ4v) is 9.23. The summed E-state index contributed by atoms with van der Waals surface area (Å²) in [6.45, 7) is 2.54. The standard InChI is InChI=1S/C34H33NO2P2/c1-2-3-24-37-34(36)35-26-33(39(31-20-12-6-13-21-31)32-22-14-7-15-23-32)25-28(35)27-38(29-16-8-4-9-17-29)30-18-10-5-11-19-30/h4-23,25-26H,2-3,24,27H2,1H3. The Morgan fingerprint density at radius 2 is 1.13 bits per heavy atom. The second kappa shape index (κ2) is 13.5. The second-order valence-corrected chi connectivity index (χ2v) is 13.7. The van der Waals surface area contributed by atoms with Gasteiger partial charge < -0.3 is 4.74 Å². The van der Waals surface area contributed by atoms with Crippen molar-refractivity contribution in [3.8, 4) is 0 Å². The van der Waals surface area contributed by atoms with Gasteiger partial charge in [0.2, 0.25) is 0 Å². The summed E-state index contributed by atoms with van der Waals surface area (Å²) in [5.41, 5.74) is 0.990. The van der Waals surface area contributed by atoms with E-state index in [0.717, 1.165) is 30.0 Å². The minimum absolute atomic E-state index is 0.295. The van der Waals surface area contributed by atoms with Gasteiger partial charge in [-0.3, -0.25) is 4.57 Å². The average molecular weight is 550 g/mol. The van der Waals surface area contributed by atoms with Crippen molar-refractivity contribution in [3.63, 3.8) is 0 Å². The van der Waals surface area contributed by atoms with Crippen LogP contribution in [0, 0.1) is 0 Å². The first kappa shape index (κ1) is 27.1. The lowest BCUT2D eigenvalue weighted by Gasteiger charge is -2.19. The van der Waals surface area contributed by atoms with Crippen LogP contribution < -0.4 is 26.5 Å². The van der Waals surface area contributed by atoms with Gasteiger partial charge in [0.25, 0.3) is 0 Å². The highest BCUT2D eigenvalue weighted by molar-refractivity contribution is 7.79. The zero-order chi connectivity index (χ0) is 26.9. The monoisotopic (exact) mass is 549 g/mol. The lowest BCUT2D eigenvalue weighted by Crippen LogP contribution is -2.20. The molecule has 4 aromatic carbocycles. The third kappa shape index (κ3) is 6.74. The molecular weight excluding hydrogens is 516 g/mol. The van der Waals surface area contributed by atoms with Crippen LogP contribution in [0.2, 0.25) is 0 Å². The van der Waals surface area contributed by atoms with Crippen molar-refractivity contribution in [3.05, 3.63) is 139 Å². The Hall–Kier alpha value is -3.51. The third-order valence-corrected chi connectivity index (χ3v) is 11.4. The van der Waals surface area contributed by atoms with Crippen LogP contribution in [0.4, 0.5) is 4.79 Å². The molecule has 0 saturated heterocycles. The fourth-order valence-electron chi connectivity index (χ4n) is 4.59. The largest absolute Gasteiger partial charge is 0.449 e. The number of hydrogen-bond donors (Lipinski definition) is 0. The molecule has 0 radical (unpaired) electrons. The van der Waals surface area contributed by atoms with Crippen molar-refractivity contribution in [2.75, 3.05) is 6.61 Å². The molecule has 0 N–H and O–H groups in total. The van der Waals surface area contributed by atoms with Crippen LogP contribution in [0.15, 0.2) is 134 Å². The van der Waals surface area contributed by atoms with Crippen molar-refractivity contribution >= 4 is 48.5 Å². The van der Waals surface area contributed by atoms with Gasteiger partial charge in [0.05, 0.1) is 6.61 Å². The molecule has 0 bridgehead atoms. The van der Waals surface area contributed by atoms with E-state index in [2.05, 4.69) is 134 Å². The van der Waals surface area contributed by atoms with E-state index in [4.69, 9.17) is 4.74 Å². The Kier molecular flexibility index (Phi) is 9.38. The molecule has 0 amide bonds. The number of rotatable bonds is 10. The average Bonchev–Trinajstić information content (AvgIpc) is 3.41. The van der Waals surface area contributed by atoms with Gasteiger partial charge in [-0.2, -0.15) is 0 Å². The van der Waals surface area contributed by atoms with E-state index in [0.29, 0.717) is 6.61 Å². The Morgan fingerprint density at radius 1 is 0.667 bits per heavy atom. The molecular formula is C34H33NO2P2. The predicted molar refractivity (Wildman–Crippen MR) is 168 cm³/mol. The van der Waals surface area contributed by atoms with Gasteiger partial charge in [-0.15, -0.1) is 0 Å². The number of carbonyl (C=O) groups is 1.